The molecule has 1 saturated heterocycles. The second-order valence-corrected chi connectivity index (χ2v) is 13.9. The molecule has 1 heterocycles. The number of hydrogen-bond donors (Lipinski definition) is 2. The normalized spacial score (nSPS) is 44.6. The quantitative estimate of drug-likeness (QED) is 0.604. The van der Waals surface area contributed by atoms with E-state index in [0.29, 0.717) is 23.8 Å². The van der Waals surface area contributed by atoms with E-state index in [-0.39, 0.29) is 17.8 Å². The Bertz CT molecular complexity index is 1180. The van der Waals surface area contributed by atoms with Crippen molar-refractivity contribution in [2.24, 2.45) is 46.8 Å². The predicted octanol–water partition coefficient (Wildman–Crippen LogP) is 3.41. The first-order valence-corrected chi connectivity index (χ1v) is 15.1. The number of fused-ring (bicyclic) bond motifs is 1. The van der Waals surface area contributed by atoms with E-state index in [9.17, 15) is 23.4 Å². The molecule has 36 heavy (non-hydrogen) atoms. The van der Waals surface area contributed by atoms with Crippen molar-refractivity contribution in [2.45, 2.75) is 58.3 Å². The number of aliphatic hydroxyl groups is 2. The summed E-state index contributed by atoms with van der Waals surface area (Å²) in [6.07, 6.45) is 5.24. The Morgan fingerprint density at radius 2 is 1.75 bits per heavy atom. The molecule has 0 aromatic heterocycles. The monoisotopic (exact) mass is 513 g/mol. The van der Waals surface area contributed by atoms with Crippen molar-refractivity contribution in [1.29, 1.82) is 0 Å². The molecule has 4 aliphatic rings. The zero-order chi connectivity index (χ0) is 26.2. The summed E-state index contributed by atoms with van der Waals surface area (Å²) >= 11 is 0. The number of aliphatic hydroxyl groups excluding tert-OH is 2. The minimum Gasteiger partial charge on any atom is -0.392 e. The van der Waals surface area contributed by atoms with E-state index in [1.807, 2.05) is 43.3 Å². The molecule has 6 nitrogen and oxygen atoms in total. The molecule has 0 bridgehead atoms. The average Bonchev–Trinajstić information content (AvgIpc) is 2.96. The fourth-order valence-electron chi connectivity index (χ4n) is 8.44. The molecule has 3 aliphatic carbocycles. The van der Waals surface area contributed by atoms with Gasteiger partial charge in [0.1, 0.15) is 0 Å². The van der Waals surface area contributed by atoms with E-state index in [1.54, 1.807) is 0 Å². The molecule has 11 atom stereocenters. The number of nitrogens with zero attached hydrogens (tertiary/aromatic N) is 1. The lowest BCUT2D eigenvalue weighted by Crippen LogP contribution is -2.59. The Labute approximate surface area is 215 Å². The molecule has 1 spiro atoms. The van der Waals surface area contributed by atoms with Gasteiger partial charge in [-0.05, 0) is 60.0 Å². The van der Waals surface area contributed by atoms with Gasteiger partial charge in [0.05, 0.1) is 29.9 Å². The number of carbonyl (C=O) groups is 1. The number of rotatable bonds is 3. The van der Waals surface area contributed by atoms with Crippen LogP contribution in [0.25, 0.3) is 0 Å². The first-order chi connectivity index (χ1) is 16.9. The number of sulfonamides is 1. The van der Waals surface area contributed by atoms with Gasteiger partial charge in [-0.15, -0.1) is 0 Å². The number of amides is 1. The summed E-state index contributed by atoms with van der Waals surface area (Å²) in [4.78, 5) is 14.4. The smallest absolute Gasteiger partial charge is 0.247 e. The minimum atomic E-state index is -3.91. The second kappa shape index (κ2) is 8.81. The third-order valence-electron chi connectivity index (χ3n) is 9.88. The molecule has 3 fully saturated rings. The molecule has 2 N–H and O–H groups in total. The molecule has 1 amide bonds. The van der Waals surface area contributed by atoms with Crippen molar-refractivity contribution in [3.63, 3.8) is 0 Å². The first kappa shape index (κ1) is 25.7. The summed E-state index contributed by atoms with van der Waals surface area (Å²) in [6, 6.07) is 8.98. The maximum absolute atomic E-state index is 14.4. The van der Waals surface area contributed by atoms with Gasteiger partial charge >= 0.3 is 0 Å². The highest BCUT2D eigenvalue weighted by Gasteiger charge is 2.71. The van der Waals surface area contributed by atoms with Crippen molar-refractivity contribution in [3.05, 3.63) is 60.2 Å². The minimum absolute atomic E-state index is 0.0697. The lowest BCUT2D eigenvalue weighted by Gasteiger charge is -2.52. The van der Waals surface area contributed by atoms with Gasteiger partial charge in [0, 0.05) is 11.8 Å². The van der Waals surface area contributed by atoms with Crippen LogP contribution in [0.15, 0.2) is 54.6 Å². The lowest BCUT2D eigenvalue weighted by atomic mass is 9.51. The number of carbonyl (C=O) groups excluding carboxylic acids is 1. The molecular weight excluding hydrogens is 474 g/mol. The molecule has 1 aromatic rings. The summed E-state index contributed by atoms with van der Waals surface area (Å²) in [6.45, 7) is 10.5. The summed E-state index contributed by atoms with van der Waals surface area (Å²) < 4.78 is 27.4. The van der Waals surface area contributed by atoms with Gasteiger partial charge in [0.2, 0.25) is 15.9 Å². The van der Waals surface area contributed by atoms with Crippen molar-refractivity contribution in [2.75, 3.05) is 6.26 Å². The third kappa shape index (κ3) is 3.64. The SMILES string of the molecule is C=C1[C@@H](C)[C@H]2[C@H](Cc3ccccc3)N(S(C)(=O)=O)C(=O)[C@]23C=C[C@H]2[C@@H](C[C@H](C)C[C@@H]2C)[C@@H](O)[C@H]3[C@@H]1O. The maximum atomic E-state index is 14.4. The van der Waals surface area contributed by atoms with E-state index >= 15 is 0 Å². The highest BCUT2D eigenvalue weighted by molar-refractivity contribution is 7.88. The third-order valence-corrected chi connectivity index (χ3v) is 11.0. The van der Waals surface area contributed by atoms with E-state index in [1.165, 1.54) is 0 Å². The Balaban J connectivity index is 1.72. The molecule has 0 unspecified atom stereocenters. The topological polar surface area (TPSA) is 94.9 Å². The summed E-state index contributed by atoms with van der Waals surface area (Å²) in [7, 11) is -3.91. The van der Waals surface area contributed by atoms with E-state index in [2.05, 4.69) is 26.5 Å². The Morgan fingerprint density at radius 3 is 2.39 bits per heavy atom. The summed E-state index contributed by atoms with van der Waals surface area (Å²) in [5.74, 6) is -1.40. The second-order valence-electron chi connectivity index (χ2n) is 12.1. The Kier molecular flexibility index (Phi) is 6.29. The highest BCUT2D eigenvalue weighted by atomic mass is 32.2. The van der Waals surface area contributed by atoms with E-state index in [0.717, 1.165) is 29.0 Å². The van der Waals surface area contributed by atoms with Crippen LogP contribution >= 0.6 is 0 Å². The van der Waals surface area contributed by atoms with Crippen LogP contribution in [0.5, 0.6) is 0 Å². The lowest BCUT2D eigenvalue weighted by molar-refractivity contribution is -0.148. The van der Waals surface area contributed by atoms with Gasteiger partial charge in [-0.3, -0.25) is 4.79 Å². The predicted molar refractivity (Wildman–Crippen MR) is 139 cm³/mol. The van der Waals surface area contributed by atoms with E-state index in [4.69, 9.17) is 0 Å². The molecule has 5 rings (SSSR count). The van der Waals surface area contributed by atoms with Crippen molar-refractivity contribution in [1.82, 2.24) is 4.31 Å². The van der Waals surface area contributed by atoms with Crippen LogP contribution < -0.4 is 0 Å². The van der Waals surface area contributed by atoms with Gasteiger partial charge in [-0.25, -0.2) is 12.7 Å². The van der Waals surface area contributed by atoms with Gasteiger partial charge in [-0.1, -0.05) is 69.8 Å². The molecule has 196 valence electrons. The summed E-state index contributed by atoms with van der Waals surface area (Å²) in [5.41, 5.74) is 0.197. The Morgan fingerprint density at radius 1 is 1.08 bits per heavy atom. The molecule has 7 heteroatoms. The molecule has 0 radical (unpaired) electrons. The van der Waals surface area contributed by atoms with Gasteiger partial charge in [0.15, 0.2) is 0 Å². The van der Waals surface area contributed by atoms with Crippen molar-refractivity contribution in [3.8, 4) is 0 Å². The van der Waals surface area contributed by atoms with Crippen LogP contribution in [0, 0.1) is 46.8 Å². The Hall–Kier alpha value is -1.96. The van der Waals surface area contributed by atoms with Crippen LogP contribution in [-0.4, -0.2) is 53.3 Å². The molecular formula is C29H39NO5S. The zero-order valence-electron chi connectivity index (χ0n) is 21.6. The highest BCUT2D eigenvalue weighted by Crippen LogP contribution is 2.63. The molecule has 2 saturated carbocycles. The number of hydrogen-bond acceptors (Lipinski definition) is 5. The standard InChI is InChI=1S/C29H39NO5S/c1-16-13-17(2)21-11-12-29-24(18(3)19(4)26(31)25(29)27(32)22(21)14-16)23(15-20-9-7-6-8-10-20)30(28(29)33)36(5,34)35/h6-12,16-18,21-27,31-32H,4,13-15H2,1-3,5H3/t16-,17+,18-,21-,22-,23+,24+,25-,26-,27-,29-/m1/s1. The fourth-order valence-corrected chi connectivity index (χ4v) is 9.60. The first-order valence-electron chi connectivity index (χ1n) is 13.2. The molecule has 1 aliphatic heterocycles. The van der Waals surface area contributed by atoms with Crippen molar-refractivity contribution < 1.29 is 23.4 Å². The van der Waals surface area contributed by atoms with Crippen LogP contribution in [0.4, 0.5) is 0 Å². The van der Waals surface area contributed by atoms with Gasteiger partial charge in [-0.2, -0.15) is 0 Å². The van der Waals surface area contributed by atoms with Crippen LogP contribution in [0.2, 0.25) is 0 Å². The number of benzene rings is 1. The number of allylic oxidation sites excluding steroid dienone is 1. The van der Waals surface area contributed by atoms with Crippen LogP contribution in [0.3, 0.4) is 0 Å². The maximum Gasteiger partial charge on any atom is 0.247 e. The average molecular weight is 514 g/mol. The van der Waals surface area contributed by atoms with Crippen molar-refractivity contribution >= 4 is 15.9 Å². The van der Waals surface area contributed by atoms with Crippen LogP contribution in [0.1, 0.15) is 39.2 Å². The molecule has 1 aromatic carbocycles. The summed E-state index contributed by atoms with van der Waals surface area (Å²) in [5, 5.41) is 23.5. The zero-order valence-corrected chi connectivity index (χ0v) is 22.4. The van der Waals surface area contributed by atoms with Crippen LogP contribution in [-0.2, 0) is 21.2 Å². The van der Waals surface area contributed by atoms with E-state index < -0.39 is 51.4 Å². The van der Waals surface area contributed by atoms with Gasteiger partial charge < -0.3 is 10.2 Å². The van der Waals surface area contributed by atoms with Gasteiger partial charge in [0.25, 0.3) is 0 Å². The fraction of sp³-hybridized carbons (Fsp3) is 0.621. The largest absolute Gasteiger partial charge is 0.392 e.